The number of hydrogen-bond donors (Lipinski definition) is 2. The number of nitrogens with one attached hydrogen (secondary N) is 1. The minimum Gasteiger partial charge on any atom is -0.480 e. The summed E-state index contributed by atoms with van der Waals surface area (Å²) in [6.45, 7) is 1.77. The van der Waals surface area contributed by atoms with Crippen molar-refractivity contribution in [3.8, 4) is 0 Å². The summed E-state index contributed by atoms with van der Waals surface area (Å²) in [5.41, 5.74) is -1.47. The highest BCUT2D eigenvalue weighted by molar-refractivity contribution is 5.79. The van der Waals surface area contributed by atoms with E-state index in [1.807, 2.05) is 0 Å². The van der Waals surface area contributed by atoms with E-state index < -0.39 is 23.8 Å². The summed E-state index contributed by atoms with van der Waals surface area (Å²) < 4.78 is 18.7. The molecule has 1 amide bonds. The number of ether oxygens (including phenoxy) is 1. The number of carbonyl (C=O) groups excluding carboxylic acids is 1. The van der Waals surface area contributed by atoms with Gasteiger partial charge in [-0.15, -0.1) is 0 Å². The highest BCUT2D eigenvalue weighted by atomic mass is 19.1. The Morgan fingerprint density at radius 2 is 2.06 bits per heavy atom. The first-order valence-electron chi connectivity index (χ1n) is 5.82. The minimum absolute atomic E-state index is 0.152. The van der Waals surface area contributed by atoms with E-state index in [4.69, 9.17) is 5.11 Å². The number of hydrogen-bond acceptors (Lipinski definition) is 3. The lowest BCUT2D eigenvalue weighted by Crippen LogP contribution is -2.45. The number of rotatable bonds is 5. The third kappa shape index (κ3) is 4.20. The van der Waals surface area contributed by atoms with Crippen LogP contribution >= 0.6 is 0 Å². The van der Waals surface area contributed by atoms with E-state index in [1.165, 1.54) is 0 Å². The summed E-state index contributed by atoms with van der Waals surface area (Å²) in [5.74, 6) is -1.23. The van der Waals surface area contributed by atoms with Crippen LogP contribution in [0.15, 0.2) is 0 Å². The fourth-order valence-corrected chi connectivity index (χ4v) is 2.09. The Balaban J connectivity index is 2.54. The average molecular weight is 247 g/mol. The minimum atomic E-state index is -1.47. The number of halogens is 1. The molecular formula is C11H18FNO4. The maximum Gasteiger partial charge on any atom is 0.407 e. The first kappa shape index (κ1) is 13.7. The molecule has 0 radical (unpaired) electrons. The predicted molar refractivity (Wildman–Crippen MR) is 58.5 cm³/mol. The summed E-state index contributed by atoms with van der Waals surface area (Å²) in [4.78, 5) is 22.0. The van der Waals surface area contributed by atoms with Crippen molar-refractivity contribution in [2.45, 2.75) is 50.7 Å². The molecule has 0 aromatic carbocycles. The zero-order valence-corrected chi connectivity index (χ0v) is 9.87. The number of carbonyl (C=O) groups is 2. The Morgan fingerprint density at radius 3 is 2.53 bits per heavy atom. The average Bonchev–Trinajstić information content (AvgIpc) is 2.64. The number of aliphatic carboxylic acids is 1. The van der Waals surface area contributed by atoms with Crippen LogP contribution in [-0.2, 0) is 9.53 Å². The van der Waals surface area contributed by atoms with Crippen molar-refractivity contribution in [2.24, 2.45) is 0 Å². The van der Waals surface area contributed by atoms with Gasteiger partial charge in [0.1, 0.15) is 11.7 Å². The van der Waals surface area contributed by atoms with Gasteiger partial charge >= 0.3 is 12.1 Å². The molecule has 0 bridgehead atoms. The molecular weight excluding hydrogens is 229 g/mol. The Hall–Kier alpha value is -1.33. The molecule has 1 saturated carbocycles. The molecule has 1 aliphatic carbocycles. The van der Waals surface area contributed by atoms with Gasteiger partial charge in [-0.25, -0.2) is 14.0 Å². The summed E-state index contributed by atoms with van der Waals surface area (Å²) >= 11 is 0. The number of amides is 1. The predicted octanol–water partition coefficient (Wildman–Crippen LogP) is 1.86. The van der Waals surface area contributed by atoms with Crippen molar-refractivity contribution in [2.75, 3.05) is 6.61 Å². The van der Waals surface area contributed by atoms with Gasteiger partial charge in [-0.1, -0.05) is 12.8 Å². The second-order valence-corrected chi connectivity index (χ2v) is 4.32. The Bertz CT molecular complexity index is 289. The zero-order valence-electron chi connectivity index (χ0n) is 9.87. The van der Waals surface area contributed by atoms with Crippen molar-refractivity contribution >= 4 is 12.1 Å². The second kappa shape index (κ2) is 5.84. The second-order valence-electron chi connectivity index (χ2n) is 4.32. The van der Waals surface area contributed by atoms with Crippen LogP contribution < -0.4 is 5.32 Å². The fraction of sp³-hybridized carbons (Fsp3) is 0.818. The molecule has 98 valence electrons. The van der Waals surface area contributed by atoms with Gasteiger partial charge in [0.05, 0.1) is 6.61 Å². The number of carboxylic acids is 1. The Morgan fingerprint density at radius 1 is 1.47 bits per heavy atom. The maximum atomic E-state index is 14.1. The van der Waals surface area contributed by atoms with Crippen molar-refractivity contribution in [1.82, 2.24) is 5.32 Å². The van der Waals surface area contributed by atoms with Crippen LogP contribution in [0.5, 0.6) is 0 Å². The molecule has 1 aliphatic rings. The molecule has 17 heavy (non-hydrogen) atoms. The largest absolute Gasteiger partial charge is 0.480 e. The lowest BCUT2D eigenvalue weighted by atomic mass is 9.95. The zero-order chi connectivity index (χ0) is 12.9. The normalized spacial score (nSPS) is 19.6. The Kier molecular flexibility index (Phi) is 4.72. The lowest BCUT2D eigenvalue weighted by molar-refractivity contribution is -0.140. The smallest absolute Gasteiger partial charge is 0.407 e. The Labute approximate surface area is 99.3 Å². The van der Waals surface area contributed by atoms with E-state index in [-0.39, 0.29) is 13.0 Å². The molecule has 0 aliphatic heterocycles. The molecule has 2 N–H and O–H groups in total. The van der Waals surface area contributed by atoms with E-state index in [1.54, 1.807) is 6.92 Å². The molecule has 0 spiro atoms. The third-order valence-corrected chi connectivity index (χ3v) is 2.94. The summed E-state index contributed by atoms with van der Waals surface area (Å²) in [6.07, 6.45) is 1.25. The van der Waals surface area contributed by atoms with Gasteiger partial charge < -0.3 is 15.2 Å². The molecule has 1 rings (SSSR count). The van der Waals surface area contributed by atoms with E-state index in [0.717, 1.165) is 12.8 Å². The SMILES string of the molecule is CCOC(=O)N[C@@H](CC1(F)CCCC1)C(=O)O. The van der Waals surface area contributed by atoms with Gasteiger partial charge in [0.15, 0.2) is 0 Å². The fourth-order valence-electron chi connectivity index (χ4n) is 2.09. The standard InChI is InChI=1S/C11H18FNO4/c1-2-17-10(16)13-8(9(14)15)7-11(12)5-3-4-6-11/h8H,2-7H2,1H3,(H,13,16)(H,14,15)/t8-/m0/s1. The molecule has 0 heterocycles. The van der Waals surface area contributed by atoms with Crippen LogP contribution in [0, 0.1) is 0 Å². The van der Waals surface area contributed by atoms with Gasteiger partial charge in [-0.05, 0) is 19.8 Å². The number of alkyl halides is 1. The van der Waals surface area contributed by atoms with Gasteiger partial charge in [0.2, 0.25) is 0 Å². The van der Waals surface area contributed by atoms with Gasteiger partial charge in [-0.2, -0.15) is 0 Å². The first-order valence-corrected chi connectivity index (χ1v) is 5.82. The van der Waals surface area contributed by atoms with E-state index in [2.05, 4.69) is 10.1 Å². The monoisotopic (exact) mass is 247 g/mol. The van der Waals surface area contributed by atoms with E-state index in [0.29, 0.717) is 12.8 Å². The van der Waals surface area contributed by atoms with E-state index >= 15 is 0 Å². The first-order chi connectivity index (χ1) is 7.97. The van der Waals surface area contributed by atoms with Crippen LogP contribution in [-0.4, -0.2) is 35.5 Å². The third-order valence-electron chi connectivity index (χ3n) is 2.94. The molecule has 5 nitrogen and oxygen atoms in total. The van der Waals surface area contributed by atoms with Crippen LogP contribution in [0.4, 0.5) is 9.18 Å². The topological polar surface area (TPSA) is 75.6 Å². The molecule has 0 aromatic rings. The van der Waals surface area contributed by atoms with Gasteiger partial charge in [0.25, 0.3) is 0 Å². The van der Waals surface area contributed by atoms with Gasteiger partial charge in [0, 0.05) is 6.42 Å². The van der Waals surface area contributed by atoms with Crippen LogP contribution in [0.2, 0.25) is 0 Å². The van der Waals surface area contributed by atoms with Crippen LogP contribution in [0.25, 0.3) is 0 Å². The molecule has 6 heteroatoms. The van der Waals surface area contributed by atoms with Crippen LogP contribution in [0.3, 0.4) is 0 Å². The quantitative estimate of drug-likeness (QED) is 0.777. The summed E-state index contributed by atoms with van der Waals surface area (Å²) in [7, 11) is 0. The van der Waals surface area contributed by atoms with Crippen molar-refractivity contribution in [3.05, 3.63) is 0 Å². The molecule has 1 fully saturated rings. The molecule has 0 saturated heterocycles. The molecule has 0 unspecified atom stereocenters. The lowest BCUT2D eigenvalue weighted by Gasteiger charge is -2.23. The van der Waals surface area contributed by atoms with Crippen molar-refractivity contribution in [1.29, 1.82) is 0 Å². The van der Waals surface area contributed by atoms with Gasteiger partial charge in [-0.3, -0.25) is 0 Å². The van der Waals surface area contributed by atoms with E-state index in [9.17, 15) is 14.0 Å². The highest BCUT2D eigenvalue weighted by Gasteiger charge is 2.38. The van der Waals surface area contributed by atoms with Crippen molar-refractivity contribution in [3.63, 3.8) is 0 Å². The number of carboxylic acid groups (broad SMARTS) is 1. The van der Waals surface area contributed by atoms with Crippen LogP contribution in [0.1, 0.15) is 39.0 Å². The highest BCUT2D eigenvalue weighted by Crippen LogP contribution is 2.37. The molecule has 1 atom stereocenters. The molecule has 0 aromatic heterocycles. The maximum absolute atomic E-state index is 14.1. The summed E-state index contributed by atoms with van der Waals surface area (Å²) in [5, 5.41) is 11.1. The summed E-state index contributed by atoms with van der Waals surface area (Å²) in [6, 6.07) is -1.22. The number of alkyl carbamates (subject to hydrolysis) is 1. The van der Waals surface area contributed by atoms with Crippen molar-refractivity contribution < 1.29 is 23.8 Å².